The van der Waals surface area contributed by atoms with E-state index < -0.39 is 0 Å². The average molecular weight is 264 g/mol. The summed E-state index contributed by atoms with van der Waals surface area (Å²) in [6.07, 6.45) is 3.92. The second-order valence-corrected chi connectivity index (χ2v) is 6.36. The van der Waals surface area contributed by atoms with Crippen LogP contribution in [0.3, 0.4) is 0 Å². The molecule has 2 atom stereocenters. The van der Waals surface area contributed by atoms with Gasteiger partial charge in [0.25, 0.3) is 0 Å². The number of aryl methyl sites for hydroxylation is 1. The topological polar surface area (TPSA) is 58.9 Å². The van der Waals surface area contributed by atoms with Crippen LogP contribution in [0.15, 0.2) is 0 Å². The largest absolute Gasteiger partial charge is 0.310 e. The molecular weight excluding hydrogens is 240 g/mol. The van der Waals surface area contributed by atoms with Crippen molar-refractivity contribution in [2.45, 2.75) is 51.2 Å². The van der Waals surface area contributed by atoms with E-state index in [1.54, 1.807) is 0 Å². The zero-order chi connectivity index (χ0) is 13.5. The van der Waals surface area contributed by atoms with Gasteiger partial charge < -0.3 is 5.32 Å². The first-order valence-corrected chi connectivity index (χ1v) is 7.29. The van der Waals surface area contributed by atoms with E-state index in [1.807, 2.05) is 7.05 Å². The van der Waals surface area contributed by atoms with E-state index in [0.717, 1.165) is 31.4 Å². The smallest absolute Gasteiger partial charge is 0.188 e. The van der Waals surface area contributed by atoms with Crippen molar-refractivity contribution in [3.63, 3.8) is 0 Å². The van der Waals surface area contributed by atoms with Crippen molar-refractivity contribution < 1.29 is 0 Å². The third-order valence-corrected chi connectivity index (χ3v) is 4.62. The third kappa shape index (κ3) is 2.79. The van der Waals surface area contributed by atoms with Gasteiger partial charge in [0.05, 0.1) is 13.6 Å². The van der Waals surface area contributed by atoms with Crippen molar-refractivity contribution in [1.29, 1.82) is 0 Å². The van der Waals surface area contributed by atoms with E-state index in [4.69, 9.17) is 0 Å². The highest BCUT2D eigenvalue weighted by molar-refractivity contribution is 5.02. The lowest BCUT2D eigenvalue weighted by molar-refractivity contribution is 0.151. The predicted octanol–water partition coefficient (Wildman–Crippen LogP) is 0.563. The van der Waals surface area contributed by atoms with Crippen LogP contribution in [0.2, 0.25) is 0 Å². The van der Waals surface area contributed by atoms with Gasteiger partial charge in [0.1, 0.15) is 0 Å². The van der Waals surface area contributed by atoms with Gasteiger partial charge >= 0.3 is 0 Å². The van der Waals surface area contributed by atoms with E-state index in [9.17, 15) is 0 Å². The molecular formula is C13H24N6. The maximum atomic E-state index is 4.31. The van der Waals surface area contributed by atoms with E-state index in [2.05, 4.69) is 39.5 Å². The molecule has 0 bridgehead atoms. The maximum absolute atomic E-state index is 4.31. The van der Waals surface area contributed by atoms with Crippen LogP contribution in [0, 0.1) is 5.92 Å². The average Bonchev–Trinajstić information content (AvgIpc) is 3.14. The monoisotopic (exact) mass is 264 g/mol. The highest BCUT2D eigenvalue weighted by atomic mass is 15.6. The molecule has 2 unspecified atom stereocenters. The molecule has 1 saturated heterocycles. The van der Waals surface area contributed by atoms with Crippen molar-refractivity contribution in [3.05, 3.63) is 5.82 Å². The molecule has 0 aromatic carbocycles. The van der Waals surface area contributed by atoms with Gasteiger partial charge in [0.15, 0.2) is 5.82 Å². The van der Waals surface area contributed by atoms with E-state index in [0.29, 0.717) is 6.04 Å². The molecule has 1 aromatic heterocycles. The summed E-state index contributed by atoms with van der Waals surface area (Å²) in [6, 6.07) is 0.567. The minimum Gasteiger partial charge on any atom is -0.310 e. The number of nitrogens with zero attached hydrogens (tertiary/aromatic N) is 5. The molecule has 1 aliphatic carbocycles. The van der Waals surface area contributed by atoms with Crippen molar-refractivity contribution in [1.82, 2.24) is 30.4 Å². The van der Waals surface area contributed by atoms with Crippen LogP contribution in [-0.2, 0) is 13.6 Å². The quantitative estimate of drug-likeness (QED) is 0.864. The first-order valence-electron chi connectivity index (χ1n) is 7.29. The van der Waals surface area contributed by atoms with Crippen molar-refractivity contribution in [3.8, 4) is 0 Å². The Balaban J connectivity index is 1.73. The molecule has 6 heteroatoms. The van der Waals surface area contributed by atoms with Crippen molar-refractivity contribution in [2.24, 2.45) is 13.0 Å². The first kappa shape index (κ1) is 13.0. The van der Waals surface area contributed by atoms with Gasteiger partial charge in [0.2, 0.25) is 0 Å². The molecule has 1 aromatic rings. The Kier molecular flexibility index (Phi) is 3.30. The van der Waals surface area contributed by atoms with Crippen LogP contribution in [0.4, 0.5) is 0 Å². The fourth-order valence-corrected chi connectivity index (χ4v) is 3.16. The second kappa shape index (κ2) is 4.83. The normalized spacial score (nSPS) is 33.3. The summed E-state index contributed by atoms with van der Waals surface area (Å²) in [5, 5.41) is 16.1. The second-order valence-electron chi connectivity index (χ2n) is 6.36. The van der Waals surface area contributed by atoms with Gasteiger partial charge in [0, 0.05) is 18.1 Å². The van der Waals surface area contributed by atoms with E-state index in [1.165, 1.54) is 24.1 Å². The molecule has 6 nitrogen and oxygen atoms in total. The summed E-state index contributed by atoms with van der Waals surface area (Å²) in [7, 11) is 1.82. The molecule has 2 heterocycles. The van der Waals surface area contributed by atoms with Crippen LogP contribution >= 0.6 is 0 Å². The number of rotatable bonds is 3. The predicted molar refractivity (Wildman–Crippen MR) is 72.4 cm³/mol. The Morgan fingerprint density at radius 2 is 2.16 bits per heavy atom. The van der Waals surface area contributed by atoms with Gasteiger partial charge in [-0.25, -0.2) is 0 Å². The summed E-state index contributed by atoms with van der Waals surface area (Å²) in [5.74, 6) is 1.67. The van der Waals surface area contributed by atoms with Crippen LogP contribution in [0.25, 0.3) is 0 Å². The van der Waals surface area contributed by atoms with Gasteiger partial charge in [-0.1, -0.05) is 0 Å². The Morgan fingerprint density at radius 1 is 1.37 bits per heavy atom. The van der Waals surface area contributed by atoms with E-state index >= 15 is 0 Å². The Bertz CT molecular complexity index is 440. The zero-order valence-electron chi connectivity index (χ0n) is 12.1. The highest BCUT2D eigenvalue weighted by Crippen LogP contribution is 2.41. The van der Waals surface area contributed by atoms with Crippen LogP contribution in [0.5, 0.6) is 0 Å². The molecule has 0 spiro atoms. The molecule has 106 valence electrons. The summed E-state index contributed by atoms with van der Waals surface area (Å²) in [6.45, 7) is 7.67. The van der Waals surface area contributed by atoms with Gasteiger partial charge in [-0.05, 0) is 50.8 Å². The molecule has 2 fully saturated rings. The van der Waals surface area contributed by atoms with Crippen molar-refractivity contribution >= 4 is 0 Å². The van der Waals surface area contributed by atoms with Crippen LogP contribution in [0.1, 0.15) is 38.9 Å². The molecule has 1 aliphatic heterocycles. The maximum Gasteiger partial charge on any atom is 0.188 e. The molecule has 0 radical (unpaired) electrons. The number of tetrazole rings is 1. The SMILES string of the molecule is CC1CCNC(C)(C2CC2)CN1Cc1nnn(C)n1. The highest BCUT2D eigenvalue weighted by Gasteiger charge is 2.44. The zero-order valence-corrected chi connectivity index (χ0v) is 12.1. The molecule has 1 N–H and O–H groups in total. The van der Waals surface area contributed by atoms with Crippen LogP contribution < -0.4 is 5.32 Å². The summed E-state index contributed by atoms with van der Waals surface area (Å²) in [5.41, 5.74) is 0.257. The fourth-order valence-electron chi connectivity index (χ4n) is 3.16. The third-order valence-electron chi connectivity index (χ3n) is 4.62. The lowest BCUT2D eigenvalue weighted by Gasteiger charge is -2.35. The lowest BCUT2D eigenvalue weighted by Crippen LogP contribution is -2.51. The van der Waals surface area contributed by atoms with Crippen LogP contribution in [-0.4, -0.2) is 49.8 Å². The van der Waals surface area contributed by atoms with E-state index in [-0.39, 0.29) is 5.54 Å². The number of nitrogens with one attached hydrogen (secondary N) is 1. The summed E-state index contributed by atoms with van der Waals surface area (Å²) >= 11 is 0. The summed E-state index contributed by atoms with van der Waals surface area (Å²) < 4.78 is 0. The minimum atomic E-state index is 0.257. The van der Waals surface area contributed by atoms with Gasteiger partial charge in [-0.15, -0.1) is 10.2 Å². The Hall–Kier alpha value is -1.01. The Labute approximate surface area is 114 Å². The first-order chi connectivity index (χ1) is 9.07. The van der Waals surface area contributed by atoms with Crippen molar-refractivity contribution in [2.75, 3.05) is 13.1 Å². The standard InChI is InChI=1S/C13H24N6/c1-10-6-7-14-13(2,11-4-5-11)9-19(10)8-12-15-17-18(3)16-12/h10-11,14H,4-9H2,1-3H3. The molecule has 2 aliphatic rings. The number of aromatic nitrogens is 4. The molecule has 0 amide bonds. The Morgan fingerprint density at radius 3 is 2.79 bits per heavy atom. The summed E-state index contributed by atoms with van der Waals surface area (Å²) in [4.78, 5) is 4.05. The lowest BCUT2D eigenvalue weighted by atomic mass is 9.95. The molecule has 1 saturated carbocycles. The molecule has 3 rings (SSSR count). The molecule has 19 heavy (non-hydrogen) atoms. The number of hydrogen-bond donors (Lipinski definition) is 1. The van der Waals surface area contributed by atoms with Gasteiger partial charge in [-0.2, -0.15) is 4.80 Å². The van der Waals surface area contributed by atoms with Gasteiger partial charge in [-0.3, -0.25) is 4.90 Å². The number of hydrogen-bond acceptors (Lipinski definition) is 5. The minimum absolute atomic E-state index is 0.257. The fraction of sp³-hybridized carbons (Fsp3) is 0.923.